The first kappa shape index (κ1) is 22.7. The van der Waals surface area contributed by atoms with Crippen molar-refractivity contribution in [3.8, 4) is 0 Å². The highest BCUT2D eigenvalue weighted by atomic mass is 127. The van der Waals surface area contributed by atoms with Gasteiger partial charge in [0.15, 0.2) is 5.17 Å². The van der Waals surface area contributed by atoms with E-state index in [1.165, 1.54) is 0 Å². The van der Waals surface area contributed by atoms with Crippen molar-refractivity contribution in [2.24, 2.45) is 10.9 Å². The Morgan fingerprint density at radius 1 is 1.43 bits per heavy atom. The number of alkyl halides is 1. The molecule has 30 heavy (non-hydrogen) atoms. The van der Waals surface area contributed by atoms with E-state index >= 15 is 0 Å². The van der Waals surface area contributed by atoms with Gasteiger partial charge in [0.25, 0.3) is 5.91 Å². The molecule has 0 spiro atoms. The average molecular weight is 622 g/mol. The first-order chi connectivity index (χ1) is 14.5. The van der Waals surface area contributed by atoms with Gasteiger partial charge in [0, 0.05) is 34.2 Å². The van der Waals surface area contributed by atoms with Crippen molar-refractivity contribution in [1.29, 1.82) is 0 Å². The highest BCUT2D eigenvalue weighted by Gasteiger charge is 2.54. The number of amides is 1. The molecular formula is C20H21BrIN3O3S2. The first-order valence-corrected chi connectivity index (χ1v) is 13.6. The fourth-order valence-corrected chi connectivity index (χ4v) is 7.19. The van der Waals surface area contributed by atoms with E-state index in [1.807, 2.05) is 23.6 Å². The van der Waals surface area contributed by atoms with E-state index in [0.717, 1.165) is 26.2 Å². The van der Waals surface area contributed by atoms with E-state index in [0.29, 0.717) is 23.9 Å². The molecule has 0 bridgehead atoms. The molecule has 0 radical (unpaired) electrons. The van der Waals surface area contributed by atoms with Crippen molar-refractivity contribution in [1.82, 2.24) is 10.3 Å². The van der Waals surface area contributed by atoms with E-state index in [2.05, 4.69) is 43.8 Å². The number of nitrogens with one attached hydrogen (secondary N) is 1. The molecule has 10 heteroatoms. The summed E-state index contributed by atoms with van der Waals surface area (Å²) in [5.74, 6) is 0.904. The zero-order chi connectivity index (χ0) is 21.2. The third-order valence-electron chi connectivity index (χ3n) is 5.37. The zero-order valence-electron chi connectivity index (χ0n) is 16.3. The van der Waals surface area contributed by atoms with Crippen LogP contribution in [-0.4, -0.2) is 52.2 Å². The monoisotopic (exact) mass is 621 g/mol. The van der Waals surface area contributed by atoms with E-state index < -0.39 is 5.54 Å². The number of methoxy groups -OCH3 is 1. The van der Waals surface area contributed by atoms with Gasteiger partial charge in [0.2, 0.25) is 0 Å². The van der Waals surface area contributed by atoms with Crippen LogP contribution in [-0.2, 0) is 15.0 Å². The van der Waals surface area contributed by atoms with Crippen LogP contribution in [0, 0.1) is 5.92 Å². The van der Waals surface area contributed by atoms with Crippen LogP contribution in [0.1, 0.15) is 21.8 Å². The Bertz CT molecular complexity index is 944. The normalized spacial score (nSPS) is 28.5. The summed E-state index contributed by atoms with van der Waals surface area (Å²) >= 11 is 9.00. The van der Waals surface area contributed by atoms with E-state index in [1.54, 1.807) is 42.3 Å². The molecular weight excluding hydrogens is 601 g/mol. The van der Waals surface area contributed by atoms with Gasteiger partial charge < -0.3 is 14.8 Å². The number of carbonyl (C=O) groups excluding carboxylic acids is 1. The van der Waals surface area contributed by atoms with Crippen molar-refractivity contribution in [2.75, 3.05) is 30.5 Å². The molecule has 1 saturated heterocycles. The maximum Gasteiger partial charge on any atom is 0.257 e. The molecule has 160 valence electrons. The minimum Gasteiger partial charge on any atom is -0.382 e. The minimum atomic E-state index is -0.607. The van der Waals surface area contributed by atoms with Crippen LogP contribution >= 0.6 is 61.6 Å². The third-order valence-corrected chi connectivity index (χ3v) is 9.51. The van der Waals surface area contributed by atoms with Crippen LogP contribution in [0.2, 0.25) is 0 Å². The summed E-state index contributed by atoms with van der Waals surface area (Å²) in [7, 11) is 1.71. The second kappa shape index (κ2) is 9.53. The topological polar surface area (TPSA) is 72.8 Å². The lowest BCUT2D eigenvalue weighted by Gasteiger charge is -2.49. The summed E-state index contributed by atoms with van der Waals surface area (Å²) in [6.07, 6.45) is 0.831. The molecule has 0 unspecified atom stereocenters. The number of halogens is 2. The number of hydrogen-bond acceptors (Lipinski definition) is 7. The lowest BCUT2D eigenvalue weighted by Crippen LogP contribution is -2.57. The van der Waals surface area contributed by atoms with Crippen LogP contribution in [0.4, 0.5) is 0 Å². The zero-order valence-corrected chi connectivity index (χ0v) is 21.6. The van der Waals surface area contributed by atoms with Gasteiger partial charge in [-0.3, -0.25) is 4.79 Å². The largest absolute Gasteiger partial charge is 0.382 e. The molecule has 1 aromatic heterocycles. The van der Waals surface area contributed by atoms with Gasteiger partial charge in [0.1, 0.15) is 20.8 Å². The molecule has 1 aromatic carbocycles. The van der Waals surface area contributed by atoms with Crippen LogP contribution in [0.15, 0.2) is 45.3 Å². The molecule has 2 aromatic rings. The molecule has 0 saturated carbocycles. The second-order valence-corrected chi connectivity index (χ2v) is 10.8. The smallest absolute Gasteiger partial charge is 0.257 e. The summed E-state index contributed by atoms with van der Waals surface area (Å²) in [5, 5.41) is 6.48. The van der Waals surface area contributed by atoms with Gasteiger partial charge in [-0.1, -0.05) is 52.6 Å². The van der Waals surface area contributed by atoms with E-state index in [4.69, 9.17) is 19.5 Å². The van der Waals surface area contributed by atoms with Crippen molar-refractivity contribution >= 4 is 72.7 Å². The van der Waals surface area contributed by atoms with Crippen LogP contribution in [0.25, 0.3) is 0 Å². The van der Waals surface area contributed by atoms with Gasteiger partial charge in [-0.2, -0.15) is 0 Å². The van der Waals surface area contributed by atoms with Gasteiger partial charge in [0.05, 0.1) is 13.2 Å². The number of aromatic nitrogens is 1. The minimum absolute atomic E-state index is 0.159. The third kappa shape index (κ3) is 4.49. The van der Waals surface area contributed by atoms with Crippen molar-refractivity contribution < 1.29 is 14.3 Å². The molecule has 3 atom stereocenters. The predicted octanol–water partition coefficient (Wildman–Crippen LogP) is 4.49. The fourth-order valence-electron chi connectivity index (χ4n) is 3.83. The highest BCUT2D eigenvalue weighted by molar-refractivity contribution is 14.1. The highest BCUT2D eigenvalue weighted by Crippen LogP contribution is 2.50. The van der Waals surface area contributed by atoms with Crippen LogP contribution < -0.4 is 5.32 Å². The molecule has 1 fully saturated rings. The summed E-state index contributed by atoms with van der Waals surface area (Å²) < 4.78 is 13.5. The van der Waals surface area contributed by atoms with Gasteiger partial charge in [-0.25, -0.2) is 9.98 Å². The number of thioether (sulfide) groups is 1. The SMILES string of the molecule is COC[C@]1(CI)C[C@H]2CSC(NC(=O)c3ccccc3)=N[C@@]2(c2nc(Br)cs2)CO1. The van der Waals surface area contributed by atoms with Crippen molar-refractivity contribution in [2.45, 2.75) is 17.6 Å². The Morgan fingerprint density at radius 3 is 2.90 bits per heavy atom. The van der Waals surface area contributed by atoms with Crippen LogP contribution in [0.5, 0.6) is 0 Å². The molecule has 2 aliphatic heterocycles. The van der Waals surface area contributed by atoms with Crippen LogP contribution in [0.3, 0.4) is 0 Å². The molecule has 1 amide bonds. The fraction of sp³-hybridized carbons (Fsp3) is 0.450. The predicted molar refractivity (Wildman–Crippen MR) is 133 cm³/mol. The Labute approximate surface area is 205 Å². The number of aliphatic imine (C=N–C) groups is 1. The van der Waals surface area contributed by atoms with E-state index in [9.17, 15) is 4.79 Å². The first-order valence-electron chi connectivity index (χ1n) is 9.40. The number of amidine groups is 1. The van der Waals surface area contributed by atoms with E-state index in [-0.39, 0.29) is 17.4 Å². The summed E-state index contributed by atoms with van der Waals surface area (Å²) in [6, 6.07) is 9.18. The van der Waals surface area contributed by atoms with Gasteiger partial charge in [-0.05, 0) is 34.5 Å². The summed E-state index contributed by atoms with van der Waals surface area (Å²) in [5.41, 5.74) is -0.318. The lowest BCUT2D eigenvalue weighted by molar-refractivity contribution is -0.142. The molecule has 0 aliphatic carbocycles. The van der Waals surface area contributed by atoms with Gasteiger partial charge in [-0.15, -0.1) is 11.3 Å². The second-order valence-electron chi connectivity index (χ2n) is 7.39. The number of ether oxygens (including phenoxy) is 2. The van der Waals surface area contributed by atoms with Crippen molar-refractivity contribution in [3.05, 3.63) is 50.9 Å². The number of thiazole rings is 1. The summed E-state index contributed by atoms with van der Waals surface area (Å²) in [6.45, 7) is 0.964. The quantitative estimate of drug-likeness (QED) is 0.394. The Balaban J connectivity index is 1.66. The molecule has 1 N–H and O–H groups in total. The Hall–Kier alpha value is -0.530. The number of hydrogen-bond donors (Lipinski definition) is 1. The Kier molecular flexibility index (Phi) is 7.20. The standard InChI is InChI=1S/C20H21BrIN3O3S2/c1-27-11-19(10-22)7-14-8-30-18(24-16(26)13-5-3-2-4-6-13)25-20(14,12-28-19)17-23-15(21)9-29-17/h2-6,9,14H,7-8,10-12H2,1H3,(H,24,25,26)/t14-,19+,20-/m0/s1. The molecule has 3 heterocycles. The number of benzene rings is 1. The molecule has 6 nitrogen and oxygen atoms in total. The number of carbonyl (C=O) groups is 1. The molecule has 2 aliphatic rings. The number of nitrogens with zero attached hydrogens (tertiary/aromatic N) is 2. The lowest BCUT2D eigenvalue weighted by atomic mass is 9.76. The Morgan fingerprint density at radius 2 is 2.23 bits per heavy atom. The average Bonchev–Trinajstić information content (AvgIpc) is 3.21. The summed E-state index contributed by atoms with van der Waals surface area (Å²) in [4.78, 5) is 22.4. The molecule has 4 rings (SSSR count). The maximum absolute atomic E-state index is 12.7. The number of rotatable bonds is 5. The number of fused-ring (bicyclic) bond motifs is 1. The van der Waals surface area contributed by atoms with Gasteiger partial charge >= 0.3 is 0 Å². The maximum atomic E-state index is 12.7. The van der Waals surface area contributed by atoms with Crippen molar-refractivity contribution in [3.63, 3.8) is 0 Å².